The zero-order valence-electron chi connectivity index (χ0n) is 23.2. The normalized spacial score (nSPS) is 11.7. The predicted molar refractivity (Wildman–Crippen MR) is 179 cm³/mol. The van der Waals surface area contributed by atoms with Crippen molar-refractivity contribution in [3.05, 3.63) is 152 Å². The Bertz CT molecular complexity index is 2450. The van der Waals surface area contributed by atoms with Gasteiger partial charge in [0.1, 0.15) is 22.3 Å². The molecule has 0 saturated heterocycles. The zero-order valence-corrected chi connectivity index (χ0v) is 23.2. The van der Waals surface area contributed by atoms with E-state index in [0.717, 1.165) is 72.1 Å². The van der Waals surface area contributed by atoms with Crippen LogP contribution in [0, 0.1) is 0 Å². The Kier molecular flexibility index (Phi) is 5.20. The Morgan fingerprint density at radius 1 is 0.372 bits per heavy atom. The lowest BCUT2D eigenvalue weighted by atomic mass is 10.0. The number of anilines is 3. The van der Waals surface area contributed by atoms with Gasteiger partial charge in [-0.15, -0.1) is 0 Å². The number of hydrogen-bond acceptors (Lipinski definition) is 3. The number of fused-ring (bicyclic) bond motifs is 7. The molecular weight excluding hydrogens is 526 g/mol. The number of hydrogen-bond donors (Lipinski definition) is 0. The van der Waals surface area contributed by atoms with Crippen LogP contribution in [0.1, 0.15) is 0 Å². The minimum atomic E-state index is 0.851. The van der Waals surface area contributed by atoms with E-state index in [9.17, 15) is 0 Å². The van der Waals surface area contributed by atoms with Gasteiger partial charge in [0.2, 0.25) is 0 Å². The fourth-order valence-electron chi connectivity index (χ4n) is 6.38. The van der Waals surface area contributed by atoms with Gasteiger partial charge >= 0.3 is 0 Å². The van der Waals surface area contributed by atoms with Gasteiger partial charge in [0, 0.05) is 44.2 Å². The molecule has 3 heteroatoms. The lowest BCUT2D eigenvalue weighted by Gasteiger charge is -2.25. The third-order valence-electron chi connectivity index (χ3n) is 8.42. The molecule has 0 N–H and O–H groups in total. The summed E-state index contributed by atoms with van der Waals surface area (Å²) in [7, 11) is 0. The van der Waals surface area contributed by atoms with E-state index in [2.05, 4.69) is 150 Å². The van der Waals surface area contributed by atoms with Crippen LogP contribution in [0.2, 0.25) is 0 Å². The van der Waals surface area contributed by atoms with Gasteiger partial charge in [-0.3, -0.25) is 0 Å². The summed E-state index contributed by atoms with van der Waals surface area (Å²) in [5, 5.41) is 6.67. The van der Waals surface area contributed by atoms with Crippen LogP contribution in [0.25, 0.3) is 65.8 Å². The van der Waals surface area contributed by atoms with Gasteiger partial charge in [0.05, 0.1) is 0 Å². The number of para-hydroxylation sites is 2. The molecule has 9 aromatic rings. The van der Waals surface area contributed by atoms with E-state index < -0.39 is 0 Å². The van der Waals surface area contributed by atoms with Crippen molar-refractivity contribution in [2.75, 3.05) is 4.90 Å². The molecule has 0 atom stereocenters. The van der Waals surface area contributed by atoms with Crippen molar-refractivity contribution < 1.29 is 8.83 Å². The van der Waals surface area contributed by atoms with Crippen molar-refractivity contribution >= 4 is 71.7 Å². The maximum absolute atomic E-state index is 6.57. The van der Waals surface area contributed by atoms with E-state index in [1.165, 1.54) is 10.8 Å². The number of benzene rings is 7. The highest BCUT2D eigenvalue weighted by atomic mass is 16.3. The second kappa shape index (κ2) is 9.37. The molecule has 7 aromatic carbocycles. The molecule has 0 radical (unpaired) electrons. The highest BCUT2D eigenvalue weighted by molar-refractivity contribution is 6.17. The third-order valence-corrected chi connectivity index (χ3v) is 8.42. The van der Waals surface area contributed by atoms with Gasteiger partial charge in [-0.25, -0.2) is 0 Å². The van der Waals surface area contributed by atoms with Crippen molar-refractivity contribution in [2.24, 2.45) is 0 Å². The molecule has 0 amide bonds. The van der Waals surface area contributed by atoms with Crippen LogP contribution in [0.3, 0.4) is 0 Å². The van der Waals surface area contributed by atoms with Gasteiger partial charge < -0.3 is 13.7 Å². The molecule has 0 saturated carbocycles. The molecular formula is C40H25NO2. The fourth-order valence-corrected chi connectivity index (χ4v) is 6.38. The Morgan fingerprint density at radius 3 is 1.86 bits per heavy atom. The van der Waals surface area contributed by atoms with Crippen molar-refractivity contribution in [3.8, 4) is 11.1 Å². The lowest BCUT2D eigenvalue weighted by Crippen LogP contribution is -2.09. The molecule has 2 aromatic heterocycles. The van der Waals surface area contributed by atoms with Crippen molar-refractivity contribution in [1.29, 1.82) is 0 Å². The van der Waals surface area contributed by atoms with Crippen LogP contribution in [-0.2, 0) is 0 Å². The van der Waals surface area contributed by atoms with Crippen molar-refractivity contribution in [1.82, 2.24) is 0 Å². The topological polar surface area (TPSA) is 29.5 Å². The molecule has 43 heavy (non-hydrogen) atoms. The van der Waals surface area contributed by atoms with Crippen molar-refractivity contribution in [3.63, 3.8) is 0 Å². The summed E-state index contributed by atoms with van der Waals surface area (Å²) in [4.78, 5) is 2.30. The second-order valence-corrected chi connectivity index (χ2v) is 11.0. The molecule has 0 unspecified atom stereocenters. The Balaban J connectivity index is 1.24. The van der Waals surface area contributed by atoms with E-state index in [1.54, 1.807) is 0 Å². The van der Waals surface area contributed by atoms with Gasteiger partial charge in [-0.1, -0.05) is 97.1 Å². The van der Waals surface area contributed by atoms with Crippen molar-refractivity contribution in [2.45, 2.75) is 0 Å². The van der Waals surface area contributed by atoms with Crippen LogP contribution < -0.4 is 4.90 Å². The second-order valence-electron chi connectivity index (χ2n) is 11.0. The largest absolute Gasteiger partial charge is 0.456 e. The average molecular weight is 552 g/mol. The summed E-state index contributed by atoms with van der Waals surface area (Å²) in [6, 6.07) is 53.1. The molecule has 0 bridgehead atoms. The average Bonchev–Trinajstić information content (AvgIpc) is 3.61. The Labute approximate surface area is 247 Å². The van der Waals surface area contributed by atoms with E-state index >= 15 is 0 Å². The Hall–Kier alpha value is -5.80. The lowest BCUT2D eigenvalue weighted by molar-refractivity contribution is 0.664. The summed E-state index contributed by atoms with van der Waals surface area (Å²) in [6.07, 6.45) is 0. The molecule has 0 aliphatic carbocycles. The minimum Gasteiger partial charge on any atom is -0.456 e. The van der Waals surface area contributed by atoms with Crippen LogP contribution in [0.15, 0.2) is 160 Å². The summed E-state index contributed by atoms with van der Waals surface area (Å²) in [5.74, 6) is 0. The standard InChI is InChI=1S/C40H25NO2/c1-3-11-27(12-4-1)32-16-9-17-33-35-24-38-36(25-39(35)43-40(32)33)34-23-31(20-21-37(34)42-38)41(29-14-5-2-6-15-29)30-19-18-26-10-7-8-13-28(26)22-30/h1-25H. The molecule has 0 aliphatic rings. The minimum absolute atomic E-state index is 0.851. The van der Waals surface area contributed by atoms with Gasteiger partial charge in [0.15, 0.2) is 0 Å². The zero-order chi connectivity index (χ0) is 28.3. The van der Waals surface area contributed by atoms with Gasteiger partial charge in [0.25, 0.3) is 0 Å². The molecule has 2 heterocycles. The number of rotatable bonds is 4. The van der Waals surface area contributed by atoms with Gasteiger partial charge in [-0.05, 0) is 70.9 Å². The van der Waals surface area contributed by atoms with Crippen LogP contribution in [-0.4, -0.2) is 0 Å². The predicted octanol–water partition coefficient (Wildman–Crippen LogP) is 11.8. The third kappa shape index (κ3) is 3.83. The first-order chi connectivity index (χ1) is 21.3. The van der Waals surface area contributed by atoms with E-state index in [4.69, 9.17) is 8.83 Å². The monoisotopic (exact) mass is 551 g/mol. The molecule has 9 rings (SSSR count). The molecule has 0 fully saturated rings. The summed E-state index contributed by atoms with van der Waals surface area (Å²) in [5.41, 5.74) is 8.95. The van der Waals surface area contributed by atoms with Crippen LogP contribution >= 0.6 is 0 Å². The summed E-state index contributed by atoms with van der Waals surface area (Å²) >= 11 is 0. The molecule has 0 spiro atoms. The highest BCUT2D eigenvalue weighted by Crippen LogP contribution is 2.42. The van der Waals surface area contributed by atoms with Gasteiger partial charge in [-0.2, -0.15) is 0 Å². The molecule has 202 valence electrons. The smallest absolute Gasteiger partial charge is 0.143 e. The highest BCUT2D eigenvalue weighted by Gasteiger charge is 2.18. The SMILES string of the molecule is c1ccc(-c2cccc3c2oc2cc4c(cc23)oc2ccc(N(c3ccccc3)c3ccc5ccccc5c3)cc24)cc1. The number of furan rings is 2. The van der Waals surface area contributed by atoms with E-state index in [0.29, 0.717) is 0 Å². The quantitative estimate of drug-likeness (QED) is 0.218. The maximum atomic E-state index is 6.57. The first-order valence-corrected chi connectivity index (χ1v) is 14.5. The first kappa shape index (κ1) is 23.9. The number of nitrogens with zero attached hydrogens (tertiary/aromatic N) is 1. The fraction of sp³-hybridized carbons (Fsp3) is 0. The van der Waals surface area contributed by atoms with E-state index in [-0.39, 0.29) is 0 Å². The van der Waals surface area contributed by atoms with Crippen LogP contribution in [0.5, 0.6) is 0 Å². The first-order valence-electron chi connectivity index (χ1n) is 14.5. The van der Waals surface area contributed by atoms with E-state index in [1.807, 2.05) is 6.07 Å². The maximum Gasteiger partial charge on any atom is 0.143 e. The van der Waals surface area contributed by atoms with Crippen LogP contribution in [0.4, 0.5) is 17.1 Å². The Morgan fingerprint density at radius 2 is 1.02 bits per heavy atom. The molecule has 3 nitrogen and oxygen atoms in total. The summed E-state index contributed by atoms with van der Waals surface area (Å²) in [6.45, 7) is 0. The molecule has 0 aliphatic heterocycles. The summed E-state index contributed by atoms with van der Waals surface area (Å²) < 4.78 is 13.0.